The molecule has 1 saturated carbocycles. The van der Waals surface area contributed by atoms with E-state index in [0.29, 0.717) is 18.2 Å². The molecule has 1 nitrogen and oxygen atoms in total. The highest BCUT2D eigenvalue weighted by Crippen LogP contribution is 2.30. The molecular weight excluding hydrogens is 283 g/mol. The number of hydrogen-bond donors (Lipinski definition) is 1. The van der Waals surface area contributed by atoms with Gasteiger partial charge in [0.15, 0.2) is 0 Å². The molecule has 0 aliphatic heterocycles. The molecule has 0 bridgehead atoms. The van der Waals surface area contributed by atoms with E-state index in [1.54, 1.807) is 6.07 Å². The molecule has 0 spiro atoms. The van der Waals surface area contributed by atoms with Crippen LogP contribution in [0.25, 0.3) is 0 Å². The SMILES string of the molecule is CSC1CCC(NCc2cccc(C(F)(F)F)c2)CC1. The largest absolute Gasteiger partial charge is 0.416 e. The van der Waals surface area contributed by atoms with Crippen molar-refractivity contribution in [2.75, 3.05) is 6.26 Å². The van der Waals surface area contributed by atoms with E-state index in [2.05, 4.69) is 11.6 Å². The fraction of sp³-hybridized carbons (Fsp3) is 0.600. The van der Waals surface area contributed by atoms with Gasteiger partial charge in [0.2, 0.25) is 0 Å². The van der Waals surface area contributed by atoms with Crippen LogP contribution in [0.2, 0.25) is 0 Å². The van der Waals surface area contributed by atoms with Crippen LogP contribution in [0.4, 0.5) is 13.2 Å². The van der Waals surface area contributed by atoms with Crippen molar-refractivity contribution in [2.24, 2.45) is 0 Å². The number of hydrogen-bond acceptors (Lipinski definition) is 2. The van der Waals surface area contributed by atoms with E-state index in [1.807, 2.05) is 11.8 Å². The highest BCUT2D eigenvalue weighted by atomic mass is 32.2. The first kappa shape index (κ1) is 15.7. The molecule has 0 radical (unpaired) electrons. The molecule has 0 saturated heterocycles. The second-order valence-electron chi connectivity index (χ2n) is 5.29. The molecule has 1 aromatic rings. The Labute approximate surface area is 122 Å². The molecule has 1 N–H and O–H groups in total. The van der Waals surface area contributed by atoms with Crippen molar-refractivity contribution in [3.8, 4) is 0 Å². The summed E-state index contributed by atoms with van der Waals surface area (Å²) < 4.78 is 37.9. The number of benzene rings is 1. The van der Waals surface area contributed by atoms with E-state index >= 15 is 0 Å². The van der Waals surface area contributed by atoms with E-state index in [1.165, 1.54) is 25.0 Å². The van der Waals surface area contributed by atoms with Crippen LogP contribution >= 0.6 is 11.8 Å². The van der Waals surface area contributed by atoms with Gasteiger partial charge in [-0.1, -0.05) is 18.2 Å². The van der Waals surface area contributed by atoms with Crippen LogP contribution < -0.4 is 5.32 Å². The van der Waals surface area contributed by atoms with Gasteiger partial charge in [0.05, 0.1) is 5.56 Å². The molecule has 112 valence electrons. The predicted octanol–water partition coefficient (Wildman–Crippen LogP) is 4.47. The summed E-state index contributed by atoms with van der Waals surface area (Å²) in [5.41, 5.74) is 0.134. The highest BCUT2D eigenvalue weighted by molar-refractivity contribution is 7.99. The third-order valence-electron chi connectivity index (χ3n) is 3.86. The molecule has 0 amide bonds. The summed E-state index contributed by atoms with van der Waals surface area (Å²) in [6.07, 6.45) is 2.51. The van der Waals surface area contributed by atoms with Gasteiger partial charge in [-0.3, -0.25) is 0 Å². The Bertz CT molecular complexity index is 425. The lowest BCUT2D eigenvalue weighted by Gasteiger charge is -2.28. The minimum atomic E-state index is -4.26. The van der Waals surface area contributed by atoms with E-state index in [4.69, 9.17) is 0 Å². The molecule has 5 heteroatoms. The van der Waals surface area contributed by atoms with Gasteiger partial charge in [-0.25, -0.2) is 0 Å². The maximum Gasteiger partial charge on any atom is 0.416 e. The topological polar surface area (TPSA) is 12.0 Å². The second kappa shape index (κ2) is 6.85. The van der Waals surface area contributed by atoms with Crippen molar-refractivity contribution in [1.29, 1.82) is 0 Å². The minimum absolute atomic E-state index is 0.438. The molecule has 1 fully saturated rings. The molecule has 1 aromatic carbocycles. The van der Waals surface area contributed by atoms with Crippen molar-refractivity contribution in [2.45, 2.75) is 49.7 Å². The van der Waals surface area contributed by atoms with Crippen LogP contribution in [-0.4, -0.2) is 17.5 Å². The fourth-order valence-corrected chi connectivity index (χ4v) is 3.37. The van der Waals surface area contributed by atoms with Crippen LogP contribution in [0.5, 0.6) is 0 Å². The van der Waals surface area contributed by atoms with Gasteiger partial charge < -0.3 is 5.32 Å². The van der Waals surface area contributed by atoms with Gasteiger partial charge in [0.1, 0.15) is 0 Å². The van der Waals surface area contributed by atoms with Crippen LogP contribution in [0.15, 0.2) is 24.3 Å². The molecule has 1 aliphatic carbocycles. The Morgan fingerprint density at radius 2 is 1.90 bits per heavy atom. The number of nitrogens with one attached hydrogen (secondary N) is 1. The molecule has 20 heavy (non-hydrogen) atoms. The maximum absolute atomic E-state index is 12.6. The van der Waals surface area contributed by atoms with Gasteiger partial charge >= 0.3 is 6.18 Å². The van der Waals surface area contributed by atoms with Gasteiger partial charge in [-0.05, 0) is 43.6 Å². The number of rotatable bonds is 4. The Morgan fingerprint density at radius 3 is 2.50 bits per heavy atom. The summed E-state index contributed by atoms with van der Waals surface area (Å²) in [6, 6.07) is 6.02. The lowest BCUT2D eigenvalue weighted by Crippen LogP contribution is -2.33. The zero-order valence-electron chi connectivity index (χ0n) is 11.5. The van der Waals surface area contributed by atoms with Crippen molar-refractivity contribution in [3.05, 3.63) is 35.4 Å². The molecule has 1 aliphatic rings. The summed E-state index contributed by atoms with van der Waals surface area (Å²) in [5, 5.41) is 4.14. The zero-order chi connectivity index (χ0) is 14.6. The lowest BCUT2D eigenvalue weighted by molar-refractivity contribution is -0.137. The van der Waals surface area contributed by atoms with Crippen molar-refractivity contribution < 1.29 is 13.2 Å². The van der Waals surface area contributed by atoms with Crippen LogP contribution in [0.1, 0.15) is 36.8 Å². The summed E-state index contributed by atoms with van der Waals surface area (Å²) in [6.45, 7) is 0.512. The van der Waals surface area contributed by atoms with Crippen molar-refractivity contribution in [3.63, 3.8) is 0 Å². The molecule has 0 unspecified atom stereocenters. The van der Waals surface area contributed by atoms with E-state index in [9.17, 15) is 13.2 Å². The quantitative estimate of drug-likeness (QED) is 0.881. The first-order chi connectivity index (χ1) is 9.49. The normalized spacial score (nSPS) is 23.8. The molecule has 0 aromatic heterocycles. The molecule has 0 heterocycles. The fourth-order valence-electron chi connectivity index (χ4n) is 2.62. The van der Waals surface area contributed by atoms with Crippen LogP contribution in [0.3, 0.4) is 0 Å². The van der Waals surface area contributed by atoms with Crippen LogP contribution in [0, 0.1) is 0 Å². The number of thioether (sulfide) groups is 1. The second-order valence-corrected chi connectivity index (χ2v) is 6.43. The molecular formula is C15H20F3NS. The summed E-state index contributed by atoms with van der Waals surface area (Å²) in [7, 11) is 0. The lowest BCUT2D eigenvalue weighted by atomic mass is 9.95. The van der Waals surface area contributed by atoms with Gasteiger partial charge in [0, 0.05) is 17.8 Å². The molecule has 0 atom stereocenters. The smallest absolute Gasteiger partial charge is 0.310 e. The third kappa shape index (κ3) is 4.42. The number of alkyl halides is 3. The first-order valence-corrected chi connectivity index (χ1v) is 8.20. The average Bonchev–Trinajstić information content (AvgIpc) is 2.45. The Balaban J connectivity index is 1.85. The van der Waals surface area contributed by atoms with Crippen LogP contribution in [-0.2, 0) is 12.7 Å². The molecule has 2 rings (SSSR count). The van der Waals surface area contributed by atoms with Crippen molar-refractivity contribution >= 4 is 11.8 Å². The minimum Gasteiger partial charge on any atom is -0.310 e. The Kier molecular flexibility index (Phi) is 5.38. The Morgan fingerprint density at radius 1 is 1.20 bits per heavy atom. The third-order valence-corrected chi connectivity index (χ3v) is 4.99. The summed E-state index contributed by atoms with van der Waals surface area (Å²) in [5.74, 6) is 0. The van der Waals surface area contributed by atoms with E-state index in [0.717, 1.165) is 24.2 Å². The van der Waals surface area contributed by atoms with Gasteiger partial charge in [-0.2, -0.15) is 24.9 Å². The predicted molar refractivity (Wildman–Crippen MR) is 77.8 cm³/mol. The summed E-state index contributed by atoms with van der Waals surface area (Å²) in [4.78, 5) is 0. The van der Waals surface area contributed by atoms with E-state index in [-0.39, 0.29) is 0 Å². The van der Waals surface area contributed by atoms with Crippen molar-refractivity contribution in [1.82, 2.24) is 5.32 Å². The maximum atomic E-state index is 12.6. The zero-order valence-corrected chi connectivity index (χ0v) is 12.4. The highest BCUT2D eigenvalue weighted by Gasteiger charge is 2.30. The monoisotopic (exact) mass is 303 g/mol. The van der Waals surface area contributed by atoms with Gasteiger partial charge in [0.25, 0.3) is 0 Å². The van der Waals surface area contributed by atoms with Gasteiger partial charge in [-0.15, -0.1) is 0 Å². The first-order valence-electron chi connectivity index (χ1n) is 6.91. The average molecular weight is 303 g/mol. The summed E-state index contributed by atoms with van der Waals surface area (Å²) >= 11 is 1.91. The Hall–Kier alpha value is -0.680. The standard InChI is InChI=1S/C15H20F3NS/c1-20-14-7-5-13(6-8-14)19-10-11-3-2-4-12(9-11)15(16,17)18/h2-4,9,13-14,19H,5-8,10H2,1H3. The van der Waals surface area contributed by atoms with E-state index < -0.39 is 11.7 Å². The number of halogens is 3.